The van der Waals surface area contributed by atoms with Crippen LogP contribution in [0.25, 0.3) is 10.1 Å². The molecule has 0 saturated heterocycles. The van der Waals surface area contributed by atoms with Crippen molar-refractivity contribution in [3.8, 4) is 0 Å². The van der Waals surface area contributed by atoms with E-state index in [0.717, 1.165) is 11.1 Å². The molecule has 1 heterocycles. The maximum Gasteiger partial charge on any atom is 0.250 e. The van der Waals surface area contributed by atoms with Crippen LogP contribution in [-0.2, 0) is 14.3 Å². The summed E-state index contributed by atoms with van der Waals surface area (Å²) >= 11 is 1.68. The molecule has 0 atom stereocenters. The molecule has 0 fully saturated rings. The number of hydrogen-bond acceptors (Lipinski definition) is 4. The lowest BCUT2D eigenvalue weighted by Crippen LogP contribution is -2.19. The number of carbonyl (C=O) groups is 1. The second kappa shape index (κ2) is 6.49. The monoisotopic (exact) mass is 265 g/mol. The van der Waals surface area contributed by atoms with Crippen LogP contribution in [0.5, 0.6) is 0 Å². The molecule has 0 radical (unpaired) electrons. The second-order valence-electron chi connectivity index (χ2n) is 3.77. The normalized spacial score (nSPS) is 10.7. The van der Waals surface area contributed by atoms with Crippen molar-refractivity contribution in [2.75, 3.05) is 32.2 Å². The van der Waals surface area contributed by atoms with Crippen LogP contribution in [0.4, 0.5) is 5.69 Å². The molecular weight excluding hydrogens is 250 g/mol. The van der Waals surface area contributed by atoms with Gasteiger partial charge in [0.25, 0.3) is 0 Å². The van der Waals surface area contributed by atoms with Crippen molar-refractivity contribution >= 4 is 33.0 Å². The SMILES string of the molecule is COCCOCC(=O)Nc1ccc2sccc2c1. The highest BCUT2D eigenvalue weighted by Gasteiger charge is 2.03. The highest BCUT2D eigenvalue weighted by Crippen LogP contribution is 2.23. The van der Waals surface area contributed by atoms with Gasteiger partial charge in [0.05, 0.1) is 13.2 Å². The van der Waals surface area contributed by atoms with E-state index >= 15 is 0 Å². The van der Waals surface area contributed by atoms with Crippen molar-refractivity contribution in [2.45, 2.75) is 0 Å². The summed E-state index contributed by atoms with van der Waals surface area (Å²) in [6.07, 6.45) is 0. The van der Waals surface area contributed by atoms with E-state index in [-0.39, 0.29) is 12.5 Å². The lowest BCUT2D eigenvalue weighted by molar-refractivity contribution is -0.121. The number of rotatable bonds is 6. The van der Waals surface area contributed by atoms with Gasteiger partial charge in [-0.15, -0.1) is 11.3 Å². The van der Waals surface area contributed by atoms with Gasteiger partial charge in [-0.3, -0.25) is 4.79 Å². The number of carbonyl (C=O) groups excluding carboxylic acids is 1. The van der Waals surface area contributed by atoms with E-state index < -0.39 is 0 Å². The summed E-state index contributed by atoms with van der Waals surface area (Å²) in [6.45, 7) is 0.965. The molecule has 4 nitrogen and oxygen atoms in total. The Bertz CT molecular complexity index is 524. The molecule has 96 valence electrons. The van der Waals surface area contributed by atoms with Crippen molar-refractivity contribution in [2.24, 2.45) is 0 Å². The Morgan fingerprint density at radius 2 is 2.22 bits per heavy atom. The molecule has 0 spiro atoms. The predicted octanol–water partition coefficient (Wildman–Crippen LogP) is 2.50. The molecule has 0 aliphatic heterocycles. The summed E-state index contributed by atoms with van der Waals surface area (Å²) in [5.41, 5.74) is 0.793. The molecule has 1 amide bonds. The Hall–Kier alpha value is -1.43. The summed E-state index contributed by atoms with van der Waals surface area (Å²) in [5.74, 6) is -0.152. The van der Waals surface area contributed by atoms with Gasteiger partial charge in [-0.05, 0) is 35.0 Å². The van der Waals surface area contributed by atoms with Crippen LogP contribution in [-0.4, -0.2) is 32.8 Å². The topological polar surface area (TPSA) is 47.6 Å². The van der Waals surface area contributed by atoms with Gasteiger partial charge in [0.2, 0.25) is 5.91 Å². The Morgan fingerprint density at radius 3 is 3.06 bits per heavy atom. The Kier molecular flexibility index (Phi) is 4.69. The van der Waals surface area contributed by atoms with Gasteiger partial charge in [-0.25, -0.2) is 0 Å². The van der Waals surface area contributed by atoms with Gasteiger partial charge in [-0.2, -0.15) is 0 Å². The fourth-order valence-electron chi connectivity index (χ4n) is 1.55. The van der Waals surface area contributed by atoms with Crippen molar-refractivity contribution in [3.05, 3.63) is 29.6 Å². The minimum atomic E-state index is -0.152. The minimum Gasteiger partial charge on any atom is -0.382 e. The van der Waals surface area contributed by atoms with Crippen molar-refractivity contribution < 1.29 is 14.3 Å². The van der Waals surface area contributed by atoms with Gasteiger partial charge < -0.3 is 14.8 Å². The number of methoxy groups -OCH3 is 1. The summed E-state index contributed by atoms with van der Waals surface area (Å²) in [6, 6.07) is 7.89. The molecule has 1 aromatic heterocycles. The number of hydrogen-bond donors (Lipinski definition) is 1. The van der Waals surface area contributed by atoms with Crippen molar-refractivity contribution in [1.82, 2.24) is 0 Å². The summed E-state index contributed by atoms with van der Waals surface area (Å²) in [4.78, 5) is 11.6. The second-order valence-corrected chi connectivity index (χ2v) is 4.71. The molecule has 2 rings (SSSR count). The largest absolute Gasteiger partial charge is 0.382 e. The van der Waals surface area contributed by atoms with E-state index in [1.165, 1.54) is 4.70 Å². The van der Waals surface area contributed by atoms with Crippen molar-refractivity contribution in [1.29, 1.82) is 0 Å². The Labute approximate surface area is 110 Å². The number of ether oxygens (including phenoxy) is 2. The molecule has 2 aromatic rings. The smallest absolute Gasteiger partial charge is 0.250 e. The summed E-state index contributed by atoms with van der Waals surface area (Å²) < 4.78 is 11.2. The van der Waals surface area contributed by atoms with Crippen LogP contribution in [0.15, 0.2) is 29.6 Å². The molecule has 18 heavy (non-hydrogen) atoms. The summed E-state index contributed by atoms with van der Waals surface area (Å²) in [5, 5.41) is 5.97. The zero-order valence-electron chi connectivity index (χ0n) is 10.1. The fraction of sp³-hybridized carbons (Fsp3) is 0.308. The van der Waals surface area contributed by atoms with Gasteiger partial charge in [0.15, 0.2) is 0 Å². The Balaban J connectivity index is 1.86. The number of nitrogens with one attached hydrogen (secondary N) is 1. The van der Waals surface area contributed by atoms with Crippen LogP contribution in [0.3, 0.4) is 0 Å². The highest BCUT2D eigenvalue weighted by atomic mass is 32.1. The minimum absolute atomic E-state index is 0.0467. The number of benzene rings is 1. The lowest BCUT2D eigenvalue weighted by Gasteiger charge is -2.06. The summed E-state index contributed by atoms with van der Waals surface area (Å²) in [7, 11) is 1.60. The van der Waals surface area contributed by atoms with Gasteiger partial charge in [0.1, 0.15) is 6.61 Å². The standard InChI is InChI=1S/C13H15NO3S/c1-16-5-6-17-9-13(15)14-11-2-3-12-10(8-11)4-7-18-12/h2-4,7-8H,5-6,9H2,1H3,(H,14,15). The zero-order valence-corrected chi connectivity index (χ0v) is 11.0. The number of anilines is 1. The zero-order chi connectivity index (χ0) is 12.8. The van der Waals surface area contributed by atoms with Crippen LogP contribution in [0, 0.1) is 0 Å². The molecule has 1 N–H and O–H groups in total. The number of thiophene rings is 1. The van der Waals surface area contributed by atoms with E-state index in [9.17, 15) is 4.79 Å². The van der Waals surface area contributed by atoms with Crippen LogP contribution in [0.2, 0.25) is 0 Å². The highest BCUT2D eigenvalue weighted by molar-refractivity contribution is 7.17. The number of amides is 1. The average Bonchev–Trinajstić information content (AvgIpc) is 2.82. The first-order chi connectivity index (χ1) is 8.79. The molecule has 5 heteroatoms. The first kappa shape index (κ1) is 13.0. The van der Waals surface area contributed by atoms with Gasteiger partial charge in [-0.1, -0.05) is 0 Å². The van der Waals surface area contributed by atoms with Gasteiger partial charge >= 0.3 is 0 Å². The fourth-order valence-corrected chi connectivity index (χ4v) is 2.32. The van der Waals surface area contributed by atoms with Crippen LogP contribution in [0.1, 0.15) is 0 Å². The molecule has 0 aliphatic carbocycles. The van der Waals surface area contributed by atoms with Crippen molar-refractivity contribution in [3.63, 3.8) is 0 Å². The van der Waals surface area contributed by atoms with Gasteiger partial charge in [0, 0.05) is 17.5 Å². The predicted molar refractivity (Wildman–Crippen MR) is 73.1 cm³/mol. The van der Waals surface area contributed by atoms with Crippen LogP contribution < -0.4 is 5.32 Å². The van der Waals surface area contributed by atoms with E-state index in [4.69, 9.17) is 9.47 Å². The first-order valence-electron chi connectivity index (χ1n) is 5.63. The third kappa shape index (κ3) is 3.53. The van der Waals surface area contributed by atoms with E-state index in [0.29, 0.717) is 13.2 Å². The third-order valence-electron chi connectivity index (χ3n) is 2.40. The molecule has 0 aliphatic rings. The van der Waals surface area contributed by atoms with E-state index in [1.54, 1.807) is 18.4 Å². The van der Waals surface area contributed by atoms with E-state index in [1.807, 2.05) is 29.6 Å². The number of fused-ring (bicyclic) bond motifs is 1. The third-order valence-corrected chi connectivity index (χ3v) is 3.30. The quantitative estimate of drug-likeness (QED) is 0.816. The maximum atomic E-state index is 11.6. The molecule has 0 bridgehead atoms. The molecule has 0 unspecified atom stereocenters. The van der Waals surface area contributed by atoms with Crippen LogP contribution >= 0.6 is 11.3 Å². The average molecular weight is 265 g/mol. The van der Waals surface area contributed by atoms with E-state index in [2.05, 4.69) is 5.32 Å². The maximum absolute atomic E-state index is 11.6. The molecular formula is C13H15NO3S. The Morgan fingerprint density at radius 1 is 1.33 bits per heavy atom. The first-order valence-corrected chi connectivity index (χ1v) is 6.51. The molecule has 1 aromatic carbocycles. The molecule has 0 saturated carbocycles. The lowest BCUT2D eigenvalue weighted by atomic mass is 10.2.